The Hall–Kier alpha value is -3.81. The largest absolute Gasteiger partial charge is 0.417 e. The number of fused-ring (bicyclic) bond motifs is 2. The molecule has 1 aromatic heterocycles. The summed E-state index contributed by atoms with van der Waals surface area (Å²) in [7, 11) is 0. The standard InChI is InChI=1S/C26H18F5N3/c1-2-20-24-17(11-14(27)12-19(24)28)25(33-20)34-23-13-22(32-21-10-6-4-8-16(21)23)15-7-3-5-9-18(15)26(29,30)31/h3-13,20H,2H2,1H3,(H,32,33,34). The van der Waals surface area contributed by atoms with Crippen LogP contribution in [0.2, 0.25) is 0 Å². The van der Waals surface area contributed by atoms with E-state index in [9.17, 15) is 22.0 Å². The minimum atomic E-state index is -4.56. The summed E-state index contributed by atoms with van der Waals surface area (Å²) in [5, 5.41) is 3.76. The Balaban J connectivity index is 1.67. The molecule has 3 aromatic carbocycles. The van der Waals surface area contributed by atoms with E-state index in [1.54, 1.807) is 24.3 Å². The second kappa shape index (κ2) is 8.20. The van der Waals surface area contributed by atoms with Crippen molar-refractivity contribution >= 4 is 22.4 Å². The molecule has 0 bridgehead atoms. The summed E-state index contributed by atoms with van der Waals surface area (Å²) in [4.78, 5) is 8.99. The van der Waals surface area contributed by atoms with Gasteiger partial charge in [-0.15, -0.1) is 0 Å². The molecule has 1 unspecified atom stereocenters. The first kappa shape index (κ1) is 22.0. The third-order valence-corrected chi connectivity index (χ3v) is 5.83. The van der Waals surface area contributed by atoms with Crippen molar-refractivity contribution in [3.8, 4) is 11.3 Å². The van der Waals surface area contributed by atoms with Gasteiger partial charge in [-0.1, -0.05) is 43.3 Å². The Labute approximate surface area is 192 Å². The molecule has 0 saturated heterocycles. The molecule has 5 rings (SSSR count). The van der Waals surface area contributed by atoms with Crippen molar-refractivity contribution < 1.29 is 22.0 Å². The van der Waals surface area contributed by atoms with Gasteiger partial charge in [-0.2, -0.15) is 13.2 Å². The molecule has 2 heterocycles. The number of alkyl halides is 3. The summed E-state index contributed by atoms with van der Waals surface area (Å²) >= 11 is 0. The number of pyridine rings is 1. The van der Waals surface area contributed by atoms with Gasteiger partial charge in [0.25, 0.3) is 0 Å². The highest BCUT2D eigenvalue weighted by molar-refractivity contribution is 6.14. The first-order valence-electron chi connectivity index (χ1n) is 10.7. The van der Waals surface area contributed by atoms with Crippen LogP contribution < -0.4 is 5.32 Å². The number of rotatable bonds is 3. The van der Waals surface area contributed by atoms with E-state index in [0.717, 1.165) is 12.1 Å². The van der Waals surface area contributed by atoms with Crippen molar-refractivity contribution in [2.75, 3.05) is 5.32 Å². The zero-order valence-corrected chi connectivity index (χ0v) is 17.9. The molecule has 0 spiro atoms. The Bertz CT molecular complexity index is 1440. The fourth-order valence-corrected chi connectivity index (χ4v) is 4.30. The molecule has 1 atom stereocenters. The lowest BCUT2D eigenvalue weighted by Gasteiger charge is -2.16. The number of hydrogen-bond donors (Lipinski definition) is 1. The fraction of sp³-hybridized carbons (Fsp3) is 0.154. The van der Waals surface area contributed by atoms with Crippen LogP contribution in [0.25, 0.3) is 22.2 Å². The third kappa shape index (κ3) is 3.79. The third-order valence-electron chi connectivity index (χ3n) is 5.83. The monoisotopic (exact) mass is 467 g/mol. The van der Waals surface area contributed by atoms with Gasteiger partial charge in [0, 0.05) is 28.1 Å². The predicted octanol–water partition coefficient (Wildman–Crippen LogP) is 7.52. The summed E-state index contributed by atoms with van der Waals surface area (Å²) in [6.45, 7) is 1.84. The van der Waals surface area contributed by atoms with Gasteiger partial charge in [0.05, 0.1) is 28.5 Å². The molecular formula is C26H18F5N3. The number of amidine groups is 1. The van der Waals surface area contributed by atoms with E-state index >= 15 is 0 Å². The topological polar surface area (TPSA) is 37.3 Å². The van der Waals surface area contributed by atoms with Crippen molar-refractivity contribution in [2.45, 2.75) is 25.6 Å². The average molecular weight is 467 g/mol. The van der Waals surface area contributed by atoms with Crippen LogP contribution in [0.3, 0.4) is 0 Å². The Morgan fingerprint density at radius 3 is 2.41 bits per heavy atom. The lowest BCUT2D eigenvalue weighted by atomic mass is 10.00. The van der Waals surface area contributed by atoms with Crippen LogP contribution in [0.5, 0.6) is 0 Å². The van der Waals surface area contributed by atoms with Gasteiger partial charge < -0.3 is 5.32 Å². The van der Waals surface area contributed by atoms with Crippen molar-refractivity contribution in [3.05, 3.63) is 95.1 Å². The van der Waals surface area contributed by atoms with Gasteiger partial charge in [0.2, 0.25) is 0 Å². The number of nitrogens with zero attached hydrogens (tertiary/aromatic N) is 2. The highest BCUT2D eigenvalue weighted by Gasteiger charge is 2.34. The second-order valence-corrected chi connectivity index (χ2v) is 7.99. The van der Waals surface area contributed by atoms with Crippen LogP contribution in [0, 0.1) is 11.6 Å². The van der Waals surface area contributed by atoms with E-state index in [1.807, 2.05) is 6.92 Å². The molecule has 8 heteroatoms. The number of benzene rings is 3. The number of anilines is 1. The minimum Gasteiger partial charge on any atom is -0.339 e. The quantitative estimate of drug-likeness (QED) is 0.317. The molecule has 1 N–H and O–H groups in total. The summed E-state index contributed by atoms with van der Waals surface area (Å²) in [6.07, 6.45) is -4.06. The number of nitrogens with one attached hydrogen (secondary N) is 1. The number of aromatic nitrogens is 1. The van der Waals surface area contributed by atoms with E-state index in [4.69, 9.17) is 0 Å². The van der Waals surface area contributed by atoms with Crippen molar-refractivity contribution in [3.63, 3.8) is 0 Å². The summed E-state index contributed by atoms with van der Waals surface area (Å²) in [5.41, 5.74) is 0.739. The lowest BCUT2D eigenvalue weighted by Crippen LogP contribution is -2.13. The van der Waals surface area contributed by atoms with E-state index in [-0.39, 0.29) is 17.1 Å². The van der Waals surface area contributed by atoms with Crippen molar-refractivity contribution in [2.24, 2.45) is 4.99 Å². The zero-order valence-electron chi connectivity index (χ0n) is 17.9. The lowest BCUT2D eigenvalue weighted by molar-refractivity contribution is -0.137. The van der Waals surface area contributed by atoms with Gasteiger partial charge >= 0.3 is 6.18 Å². The smallest absolute Gasteiger partial charge is 0.339 e. The molecule has 172 valence electrons. The SMILES string of the molecule is CCC1N=C(Nc2cc(-c3ccccc3C(F)(F)F)nc3ccccc23)c2cc(F)cc(F)c21. The van der Waals surface area contributed by atoms with Crippen LogP contribution in [0.15, 0.2) is 71.7 Å². The predicted molar refractivity (Wildman–Crippen MR) is 122 cm³/mol. The summed E-state index contributed by atoms with van der Waals surface area (Å²) in [5.74, 6) is -1.16. The number of para-hydroxylation sites is 1. The van der Waals surface area contributed by atoms with Crippen LogP contribution >= 0.6 is 0 Å². The van der Waals surface area contributed by atoms with E-state index in [2.05, 4.69) is 15.3 Å². The fourth-order valence-electron chi connectivity index (χ4n) is 4.30. The van der Waals surface area contributed by atoms with Gasteiger partial charge in [0.15, 0.2) is 0 Å². The molecule has 0 fully saturated rings. The molecule has 1 aliphatic rings. The minimum absolute atomic E-state index is 0.0684. The molecule has 1 aliphatic heterocycles. The van der Waals surface area contributed by atoms with Gasteiger partial charge in [-0.05, 0) is 30.7 Å². The second-order valence-electron chi connectivity index (χ2n) is 7.99. The molecule has 3 nitrogen and oxygen atoms in total. The Kier molecular flexibility index (Phi) is 5.31. The van der Waals surface area contributed by atoms with E-state index in [0.29, 0.717) is 34.1 Å². The molecule has 0 saturated carbocycles. The van der Waals surface area contributed by atoms with Crippen LogP contribution in [-0.4, -0.2) is 10.8 Å². The van der Waals surface area contributed by atoms with Crippen LogP contribution in [0.1, 0.15) is 36.1 Å². The number of aliphatic imine (C=N–C) groups is 1. The summed E-state index contributed by atoms with van der Waals surface area (Å²) < 4.78 is 69.6. The maximum absolute atomic E-state index is 14.5. The van der Waals surface area contributed by atoms with Gasteiger partial charge in [-0.3, -0.25) is 4.99 Å². The van der Waals surface area contributed by atoms with Crippen LogP contribution in [0.4, 0.5) is 27.6 Å². The number of halogens is 5. The van der Waals surface area contributed by atoms with E-state index < -0.39 is 29.4 Å². The molecule has 4 aromatic rings. The molecule has 0 radical (unpaired) electrons. The molecular weight excluding hydrogens is 449 g/mol. The number of hydrogen-bond acceptors (Lipinski definition) is 3. The maximum Gasteiger partial charge on any atom is 0.417 e. The molecule has 0 aliphatic carbocycles. The van der Waals surface area contributed by atoms with Crippen molar-refractivity contribution in [1.29, 1.82) is 0 Å². The molecule has 34 heavy (non-hydrogen) atoms. The Morgan fingerprint density at radius 1 is 0.912 bits per heavy atom. The highest BCUT2D eigenvalue weighted by Crippen LogP contribution is 2.39. The maximum atomic E-state index is 14.5. The highest BCUT2D eigenvalue weighted by atomic mass is 19.4. The van der Waals surface area contributed by atoms with Crippen LogP contribution in [-0.2, 0) is 6.18 Å². The normalized spacial score (nSPS) is 15.4. The summed E-state index contributed by atoms with van der Waals surface area (Å²) in [6, 6.07) is 15.2. The molecule has 0 amide bonds. The van der Waals surface area contributed by atoms with Crippen molar-refractivity contribution in [1.82, 2.24) is 4.98 Å². The van der Waals surface area contributed by atoms with Gasteiger partial charge in [0.1, 0.15) is 17.5 Å². The first-order chi connectivity index (χ1) is 16.3. The first-order valence-corrected chi connectivity index (χ1v) is 10.7. The Morgan fingerprint density at radius 2 is 1.65 bits per heavy atom. The average Bonchev–Trinajstić information content (AvgIpc) is 3.16. The zero-order chi connectivity index (χ0) is 24.0. The van der Waals surface area contributed by atoms with E-state index in [1.165, 1.54) is 30.3 Å². The van der Waals surface area contributed by atoms with Gasteiger partial charge in [-0.25, -0.2) is 13.8 Å².